The van der Waals surface area contributed by atoms with Crippen molar-refractivity contribution in [1.29, 1.82) is 0 Å². The largest absolute Gasteiger partial charge is 0.497 e. The van der Waals surface area contributed by atoms with Crippen LogP contribution in [0, 0.1) is 0 Å². The molecule has 0 spiro atoms. The number of hydrogen-bond donors (Lipinski definition) is 0. The molecule has 0 saturated carbocycles. The van der Waals surface area contributed by atoms with Gasteiger partial charge in [-0.05, 0) is 30.0 Å². The van der Waals surface area contributed by atoms with E-state index in [4.69, 9.17) is 9.47 Å². The lowest BCUT2D eigenvalue weighted by molar-refractivity contribution is -0.121. The molecule has 0 N–H and O–H groups in total. The fourth-order valence-corrected chi connectivity index (χ4v) is 2.88. The Bertz CT molecular complexity index is 653. The Labute approximate surface area is 134 Å². The van der Waals surface area contributed by atoms with Crippen LogP contribution >= 0.6 is 11.8 Å². The summed E-state index contributed by atoms with van der Waals surface area (Å²) in [6, 6.07) is 5.47. The smallest absolute Gasteiger partial charge is 0.266 e. The van der Waals surface area contributed by atoms with Crippen LogP contribution in [0.15, 0.2) is 40.8 Å². The molecular weight excluding hydrogens is 300 g/mol. The number of thioether (sulfide) groups is 1. The highest BCUT2D eigenvalue weighted by atomic mass is 32.2. The predicted molar refractivity (Wildman–Crippen MR) is 90.4 cm³/mol. The van der Waals surface area contributed by atoms with Gasteiger partial charge in [0, 0.05) is 18.7 Å². The summed E-state index contributed by atoms with van der Waals surface area (Å²) in [5.41, 5.74) is 0.817. The Morgan fingerprint density at radius 2 is 2.14 bits per heavy atom. The van der Waals surface area contributed by atoms with Crippen molar-refractivity contribution < 1.29 is 14.3 Å². The molecule has 0 aromatic heterocycles. The average molecular weight is 318 g/mol. The number of hydrogen-bond acceptors (Lipinski definition) is 5. The zero-order chi connectivity index (χ0) is 16.1. The number of aliphatic imine (C=N–C) groups is 1. The van der Waals surface area contributed by atoms with Crippen molar-refractivity contribution >= 4 is 28.9 Å². The number of carbonyl (C=O) groups excluding carboxylic acids is 1. The molecule has 0 unspecified atom stereocenters. The lowest BCUT2D eigenvalue weighted by atomic mass is 10.1. The van der Waals surface area contributed by atoms with E-state index in [1.54, 1.807) is 39.5 Å². The lowest BCUT2D eigenvalue weighted by Gasteiger charge is -2.08. The zero-order valence-electron chi connectivity index (χ0n) is 12.8. The molecule has 1 aliphatic rings. The predicted octanol–water partition coefficient (Wildman–Crippen LogP) is 2.79. The Morgan fingerprint density at radius 1 is 1.36 bits per heavy atom. The van der Waals surface area contributed by atoms with Gasteiger partial charge in [0.2, 0.25) is 0 Å². The van der Waals surface area contributed by atoms with Gasteiger partial charge in [0.25, 0.3) is 5.91 Å². The van der Waals surface area contributed by atoms with Gasteiger partial charge in [-0.1, -0.05) is 6.08 Å². The summed E-state index contributed by atoms with van der Waals surface area (Å²) in [6.45, 7) is 4.11. The summed E-state index contributed by atoms with van der Waals surface area (Å²) in [6.07, 6.45) is 3.50. The summed E-state index contributed by atoms with van der Waals surface area (Å²) in [5.74, 6) is 1.28. The van der Waals surface area contributed by atoms with E-state index >= 15 is 0 Å². The third kappa shape index (κ3) is 3.33. The van der Waals surface area contributed by atoms with E-state index in [9.17, 15) is 4.79 Å². The first kappa shape index (κ1) is 16.2. The molecule has 6 heteroatoms. The number of likely N-dealkylation sites (N-methyl/N-ethyl adjacent to an activating group) is 1. The molecule has 1 heterocycles. The van der Waals surface area contributed by atoms with Crippen molar-refractivity contribution in [3.05, 3.63) is 41.3 Å². The van der Waals surface area contributed by atoms with Crippen molar-refractivity contribution in [2.45, 2.75) is 0 Å². The van der Waals surface area contributed by atoms with E-state index in [1.807, 2.05) is 12.1 Å². The van der Waals surface area contributed by atoms with Gasteiger partial charge < -0.3 is 9.47 Å². The molecular formula is C16H18N2O3S. The van der Waals surface area contributed by atoms with E-state index in [2.05, 4.69) is 11.6 Å². The molecule has 1 aliphatic heterocycles. The summed E-state index contributed by atoms with van der Waals surface area (Å²) in [7, 11) is 4.90. The first-order chi connectivity index (χ1) is 10.6. The minimum absolute atomic E-state index is 0.0781. The maximum absolute atomic E-state index is 12.3. The Morgan fingerprint density at radius 3 is 2.77 bits per heavy atom. The summed E-state index contributed by atoms with van der Waals surface area (Å²) in [4.78, 5) is 18.7. The lowest BCUT2D eigenvalue weighted by Crippen LogP contribution is -2.24. The number of nitrogens with zero attached hydrogens (tertiary/aromatic N) is 2. The van der Waals surface area contributed by atoms with Crippen molar-refractivity contribution in [3.8, 4) is 11.5 Å². The SMILES string of the molecule is C=CCN=C1SC(=Cc2ccc(OC)cc2OC)C(=O)N1C. The number of ether oxygens (including phenoxy) is 2. The van der Waals surface area contributed by atoms with E-state index in [1.165, 1.54) is 16.7 Å². The molecule has 5 nitrogen and oxygen atoms in total. The van der Waals surface area contributed by atoms with Gasteiger partial charge in [0.1, 0.15) is 11.5 Å². The number of rotatable bonds is 5. The van der Waals surface area contributed by atoms with Crippen molar-refractivity contribution in [3.63, 3.8) is 0 Å². The molecule has 1 aromatic carbocycles. The fraction of sp³-hybridized carbons (Fsp3) is 0.250. The van der Waals surface area contributed by atoms with Gasteiger partial charge >= 0.3 is 0 Å². The van der Waals surface area contributed by atoms with Gasteiger partial charge in [0.05, 0.1) is 25.7 Å². The number of amidine groups is 1. The van der Waals surface area contributed by atoms with Gasteiger partial charge in [-0.15, -0.1) is 6.58 Å². The van der Waals surface area contributed by atoms with Crippen molar-refractivity contribution in [2.75, 3.05) is 27.8 Å². The molecule has 0 radical (unpaired) electrons. The molecule has 1 amide bonds. The third-order valence-corrected chi connectivity index (χ3v) is 4.18. The van der Waals surface area contributed by atoms with Crippen LogP contribution in [0.2, 0.25) is 0 Å². The molecule has 116 valence electrons. The molecule has 0 bridgehead atoms. The molecule has 0 atom stereocenters. The first-order valence-corrected chi connectivity index (χ1v) is 7.47. The van der Waals surface area contributed by atoms with Crippen LogP contribution < -0.4 is 9.47 Å². The van der Waals surface area contributed by atoms with Crippen LogP contribution in [0.4, 0.5) is 0 Å². The van der Waals surface area contributed by atoms with E-state index in [-0.39, 0.29) is 5.91 Å². The summed E-state index contributed by atoms with van der Waals surface area (Å²) in [5, 5.41) is 0.670. The monoisotopic (exact) mass is 318 g/mol. The van der Waals surface area contributed by atoms with Crippen molar-refractivity contribution in [1.82, 2.24) is 4.90 Å². The topological polar surface area (TPSA) is 51.1 Å². The molecule has 1 aromatic rings. The van der Waals surface area contributed by atoms with Gasteiger partial charge in [-0.2, -0.15) is 0 Å². The maximum Gasteiger partial charge on any atom is 0.266 e. The fourth-order valence-electron chi connectivity index (χ4n) is 1.91. The van der Waals surface area contributed by atoms with Gasteiger partial charge in [-0.25, -0.2) is 0 Å². The second-order valence-electron chi connectivity index (χ2n) is 4.49. The molecule has 2 rings (SSSR count). The normalized spacial score (nSPS) is 18.1. The molecule has 0 aliphatic carbocycles. The second kappa shape index (κ2) is 7.17. The highest BCUT2D eigenvalue weighted by Crippen LogP contribution is 2.34. The van der Waals surface area contributed by atoms with Crippen LogP contribution in [0.25, 0.3) is 6.08 Å². The quantitative estimate of drug-likeness (QED) is 0.619. The van der Waals surface area contributed by atoms with Gasteiger partial charge in [0.15, 0.2) is 5.17 Å². The standard InChI is InChI=1S/C16H18N2O3S/c1-5-8-17-16-18(2)15(19)14(22-16)9-11-6-7-12(20-3)10-13(11)21-4/h5-7,9-10H,1,8H2,2-4H3. The summed E-state index contributed by atoms with van der Waals surface area (Å²) < 4.78 is 10.5. The Balaban J connectivity index is 2.33. The third-order valence-electron chi connectivity index (χ3n) is 3.09. The van der Waals surface area contributed by atoms with Crippen LogP contribution in [0.1, 0.15) is 5.56 Å². The van der Waals surface area contributed by atoms with Gasteiger partial charge in [-0.3, -0.25) is 14.7 Å². The van der Waals surface area contributed by atoms with Crippen LogP contribution in [-0.2, 0) is 4.79 Å². The highest BCUT2D eigenvalue weighted by Gasteiger charge is 2.30. The maximum atomic E-state index is 12.3. The molecule has 1 fully saturated rings. The van der Waals surface area contributed by atoms with Crippen LogP contribution in [-0.4, -0.2) is 43.8 Å². The average Bonchev–Trinajstić information content (AvgIpc) is 2.81. The molecule has 1 saturated heterocycles. The highest BCUT2D eigenvalue weighted by molar-refractivity contribution is 8.18. The minimum Gasteiger partial charge on any atom is -0.497 e. The number of benzene rings is 1. The minimum atomic E-state index is -0.0781. The van der Waals surface area contributed by atoms with Crippen LogP contribution in [0.3, 0.4) is 0 Å². The van der Waals surface area contributed by atoms with Crippen molar-refractivity contribution in [2.24, 2.45) is 4.99 Å². The Kier molecular flexibility index (Phi) is 5.27. The first-order valence-electron chi connectivity index (χ1n) is 6.65. The number of amides is 1. The number of carbonyl (C=O) groups is 1. The summed E-state index contributed by atoms with van der Waals surface area (Å²) >= 11 is 1.34. The van der Waals surface area contributed by atoms with E-state index < -0.39 is 0 Å². The van der Waals surface area contributed by atoms with E-state index in [0.29, 0.717) is 28.1 Å². The molecule has 22 heavy (non-hydrogen) atoms. The number of methoxy groups -OCH3 is 2. The second-order valence-corrected chi connectivity index (χ2v) is 5.50. The van der Waals surface area contributed by atoms with Crippen LogP contribution in [0.5, 0.6) is 11.5 Å². The zero-order valence-corrected chi connectivity index (χ0v) is 13.6. The van der Waals surface area contributed by atoms with E-state index in [0.717, 1.165) is 5.56 Å². The Hall–Kier alpha value is -2.21.